The van der Waals surface area contributed by atoms with Gasteiger partial charge in [0.25, 0.3) is 11.8 Å². The van der Waals surface area contributed by atoms with E-state index < -0.39 is 0 Å². The van der Waals surface area contributed by atoms with Crippen LogP contribution in [0.5, 0.6) is 0 Å². The largest absolute Gasteiger partial charge is 0.379 e. The van der Waals surface area contributed by atoms with Gasteiger partial charge >= 0.3 is 0 Å². The number of ether oxygens (including phenoxy) is 1. The SMILES string of the molecule is O=C(NCCCN1CCOCC1)C(=Cc1cccc2ccccc12)NC(=O)c1ccccc1. The summed E-state index contributed by atoms with van der Waals surface area (Å²) < 4.78 is 5.38. The Balaban J connectivity index is 1.49. The maximum Gasteiger partial charge on any atom is 0.267 e. The molecule has 3 aromatic carbocycles. The number of amides is 2. The Morgan fingerprint density at radius 1 is 0.909 bits per heavy atom. The van der Waals surface area contributed by atoms with Crippen molar-refractivity contribution in [3.63, 3.8) is 0 Å². The smallest absolute Gasteiger partial charge is 0.267 e. The number of nitrogens with zero attached hydrogens (tertiary/aromatic N) is 1. The lowest BCUT2D eigenvalue weighted by molar-refractivity contribution is -0.117. The Bertz CT molecular complexity index is 1120. The Kier molecular flexibility index (Phi) is 7.85. The summed E-state index contributed by atoms with van der Waals surface area (Å²) in [7, 11) is 0. The maximum atomic E-state index is 13.1. The summed E-state index contributed by atoms with van der Waals surface area (Å²) in [5, 5.41) is 7.88. The van der Waals surface area contributed by atoms with Crippen LogP contribution in [0, 0.1) is 0 Å². The number of morpholine rings is 1. The summed E-state index contributed by atoms with van der Waals surface area (Å²) >= 11 is 0. The van der Waals surface area contributed by atoms with Crippen LogP contribution in [-0.2, 0) is 9.53 Å². The average Bonchev–Trinajstić information content (AvgIpc) is 2.87. The van der Waals surface area contributed by atoms with Crippen molar-refractivity contribution in [2.24, 2.45) is 0 Å². The monoisotopic (exact) mass is 443 g/mol. The predicted molar refractivity (Wildman–Crippen MR) is 131 cm³/mol. The number of nitrogens with one attached hydrogen (secondary N) is 2. The highest BCUT2D eigenvalue weighted by atomic mass is 16.5. The van der Waals surface area contributed by atoms with Crippen LogP contribution in [0.1, 0.15) is 22.3 Å². The highest BCUT2D eigenvalue weighted by Crippen LogP contribution is 2.20. The molecule has 33 heavy (non-hydrogen) atoms. The topological polar surface area (TPSA) is 70.7 Å². The third-order valence-corrected chi connectivity index (χ3v) is 5.69. The lowest BCUT2D eigenvalue weighted by Crippen LogP contribution is -2.39. The third-order valence-electron chi connectivity index (χ3n) is 5.69. The first-order chi connectivity index (χ1) is 16.2. The zero-order valence-corrected chi connectivity index (χ0v) is 18.6. The molecule has 0 radical (unpaired) electrons. The van der Waals surface area contributed by atoms with Crippen LogP contribution in [0.4, 0.5) is 0 Å². The zero-order chi connectivity index (χ0) is 22.9. The molecule has 0 saturated carbocycles. The molecular formula is C27H29N3O3. The number of carbonyl (C=O) groups is 2. The van der Waals surface area contributed by atoms with Crippen LogP contribution >= 0.6 is 0 Å². The lowest BCUT2D eigenvalue weighted by Gasteiger charge is -2.26. The number of hydrogen-bond donors (Lipinski definition) is 2. The fraction of sp³-hybridized carbons (Fsp3) is 0.259. The molecule has 0 spiro atoms. The van der Waals surface area contributed by atoms with Crippen LogP contribution in [0.25, 0.3) is 16.8 Å². The van der Waals surface area contributed by atoms with E-state index in [1.54, 1.807) is 30.3 Å². The summed E-state index contributed by atoms with van der Waals surface area (Å²) in [4.78, 5) is 28.2. The van der Waals surface area contributed by atoms with Gasteiger partial charge in [-0.05, 0) is 47.5 Å². The van der Waals surface area contributed by atoms with Crippen molar-refractivity contribution in [2.75, 3.05) is 39.4 Å². The molecule has 1 heterocycles. The van der Waals surface area contributed by atoms with Crippen molar-refractivity contribution in [3.05, 3.63) is 89.6 Å². The summed E-state index contributed by atoms with van der Waals surface area (Å²) in [5.74, 6) is -0.611. The molecule has 0 atom stereocenters. The van der Waals surface area contributed by atoms with Crippen molar-refractivity contribution in [1.29, 1.82) is 0 Å². The molecular weight excluding hydrogens is 414 g/mol. The van der Waals surface area contributed by atoms with Crippen molar-refractivity contribution < 1.29 is 14.3 Å². The number of rotatable bonds is 8. The van der Waals surface area contributed by atoms with Gasteiger partial charge in [0.1, 0.15) is 5.70 Å². The van der Waals surface area contributed by atoms with E-state index in [-0.39, 0.29) is 17.5 Å². The molecule has 1 fully saturated rings. The average molecular weight is 444 g/mol. The highest BCUT2D eigenvalue weighted by molar-refractivity contribution is 6.06. The van der Waals surface area contributed by atoms with Crippen LogP contribution < -0.4 is 10.6 Å². The maximum absolute atomic E-state index is 13.1. The van der Waals surface area contributed by atoms with Gasteiger partial charge in [0.05, 0.1) is 13.2 Å². The molecule has 1 saturated heterocycles. The van der Waals surface area contributed by atoms with Crippen molar-refractivity contribution in [2.45, 2.75) is 6.42 Å². The van der Waals surface area contributed by atoms with Gasteiger partial charge in [0, 0.05) is 25.2 Å². The molecule has 2 N–H and O–H groups in total. The molecule has 2 amide bonds. The van der Waals surface area contributed by atoms with E-state index in [2.05, 4.69) is 15.5 Å². The second kappa shape index (κ2) is 11.4. The third kappa shape index (κ3) is 6.28. The first-order valence-corrected chi connectivity index (χ1v) is 11.3. The van der Waals surface area contributed by atoms with E-state index in [9.17, 15) is 9.59 Å². The Morgan fingerprint density at radius 2 is 1.64 bits per heavy atom. The van der Waals surface area contributed by atoms with Crippen LogP contribution in [0.2, 0.25) is 0 Å². The molecule has 4 rings (SSSR count). The van der Waals surface area contributed by atoms with Crippen LogP contribution in [-0.4, -0.2) is 56.1 Å². The molecule has 0 bridgehead atoms. The molecule has 1 aliphatic heterocycles. The summed E-state index contributed by atoms with van der Waals surface area (Å²) in [5.41, 5.74) is 1.60. The highest BCUT2D eigenvalue weighted by Gasteiger charge is 2.15. The number of fused-ring (bicyclic) bond motifs is 1. The zero-order valence-electron chi connectivity index (χ0n) is 18.6. The Labute approximate surface area is 194 Å². The lowest BCUT2D eigenvalue weighted by atomic mass is 10.0. The van der Waals surface area contributed by atoms with E-state index in [1.165, 1.54) is 0 Å². The normalized spacial score (nSPS) is 14.7. The summed E-state index contributed by atoms with van der Waals surface area (Å²) in [6.45, 7) is 4.80. The Morgan fingerprint density at radius 3 is 2.45 bits per heavy atom. The van der Waals surface area contributed by atoms with Crippen LogP contribution in [0.3, 0.4) is 0 Å². The fourth-order valence-electron chi connectivity index (χ4n) is 3.90. The minimum absolute atomic E-state index is 0.228. The standard InChI is InChI=1S/C27H29N3O3/c31-26(22-9-2-1-3-10-22)29-25(20-23-12-6-11-21-8-4-5-13-24(21)23)27(32)28-14-7-15-30-16-18-33-19-17-30/h1-6,8-13,20H,7,14-19H2,(H,28,32)(H,29,31). The van der Waals surface area contributed by atoms with Gasteiger partial charge < -0.3 is 15.4 Å². The summed E-state index contributed by atoms with van der Waals surface area (Å²) in [6.07, 6.45) is 2.58. The minimum atomic E-state index is -0.314. The second-order valence-electron chi connectivity index (χ2n) is 8.01. The second-order valence-corrected chi connectivity index (χ2v) is 8.01. The first kappa shape index (κ1) is 22.7. The number of carbonyl (C=O) groups excluding carboxylic acids is 2. The van der Waals surface area contributed by atoms with E-state index in [0.29, 0.717) is 12.1 Å². The number of benzene rings is 3. The molecule has 6 nitrogen and oxygen atoms in total. The van der Waals surface area contributed by atoms with Crippen molar-refractivity contribution >= 4 is 28.7 Å². The molecule has 1 aliphatic rings. The molecule has 170 valence electrons. The minimum Gasteiger partial charge on any atom is -0.379 e. The fourth-order valence-corrected chi connectivity index (χ4v) is 3.90. The molecule has 6 heteroatoms. The quantitative estimate of drug-likeness (QED) is 0.413. The van der Waals surface area contributed by atoms with Gasteiger partial charge in [-0.15, -0.1) is 0 Å². The van der Waals surface area contributed by atoms with E-state index in [0.717, 1.165) is 55.6 Å². The number of hydrogen-bond acceptors (Lipinski definition) is 4. The van der Waals surface area contributed by atoms with Gasteiger partial charge in [-0.3, -0.25) is 14.5 Å². The van der Waals surface area contributed by atoms with Gasteiger partial charge in [-0.2, -0.15) is 0 Å². The van der Waals surface area contributed by atoms with Crippen LogP contribution in [0.15, 0.2) is 78.5 Å². The van der Waals surface area contributed by atoms with Gasteiger partial charge in [-0.25, -0.2) is 0 Å². The molecule has 0 aromatic heterocycles. The van der Waals surface area contributed by atoms with Crippen molar-refractivity contribution in [1.82, 2.24) is 15.5 Å². The van der Waals surface area contributed by atoms with E-state index in [1.807, 2.05) is 48.5 Å². The summed E-state index contributed by atoms with van der Waals surface area (Å²) in [6, 6.07) is 22.8. The Hall–Kier alpha value is -3.48. The van der Waals surface area contributed by atoms with Gasteiger partial charge in [0.15, 0.2) is 0 Å². The first-order valence-electron chi connectivity index (χ1n) is 11.3. The molecule has 0 unspecified atom stereocenters. The van der Waals surface area contributed by atoms with E-state index >= 15 is 0 Å². The van der Waals surface area contributed by atoms with Gasteiger partial charge in [0.2, 0.25) is 0 Å². The predicted octanol–water partition coefficient (Wildman–Crippen LogP) is 3.45. The van der Waals surface area contributed by atoms with Gasteiger partial charge in [-0.1, -0.05) is 60.7 Å². The van der Waals surface area contributed by atoms with E-state index in [4.69, 9.17) is 4.74 Å². The molecule has 3 aromatic rings. The van der Waals surface area contributed by atoms with Crippen molar-refractivity contribution in [3.8, 4) is 0 Å². The molecule has 0 aliphatic carbocycles.